The number of amides is 1. The standard InChI is InChI=1S/C26H42ClNO3/c1-25-14-4-3-6-18(25)9-11-20-21-12-10-19(26(21,2)15-13-22(20)25)7-5-8-23(29)28-16-24(30)31-17-27/h18-22H,3-17H2,1-2H3,(H,28,29)/t18-,19?,20-,21?,22?,25?,26?/m0/s1. The van der Waals surface area contributed by atoms with Crippen LogP contribution in [0.5, 0.6) is 0 Å². The number of rotatable bonds is 7. The van der Waals surface area contributed by atoms with E-state index >= 15 is 0 Å². The number of alkyl halides is 1. The Morgan fingerprint density at radius 1 is 0.968 bits per heavy atom. The summed E-state index contributed by atoms with van der Waals surface area (Å²) in [4.78, 5) is 23.4. The van der Waals surface area contributed by atoms with Crippen LogP contribution in [0.2, 0.25) is 0 Å². The van der Waals surface area contributed by atoms with Gasteiger partial charge in [-0.05, 0) is 105 Å². The molecular weight excluding hydrogens is 410 g/mol. The maximum Gasteiger partial charge on any atom is 0.326 e. The SMILES string of the molecule is CC12CCC3[C@@H](CC[C@@H]4CCCCC34C)C1CCC2CCCC(=O)NCC(=O)OCCl. The summed E-state index contributed by atoms with van der Waals surface area (Å²) < 4.78 is 4.65. The highest BCUT2D eigenvalue weighted by Gasteiger charge is 2.59. The summed E-state index contributed by atoms with van der Waals surface area (Å²) >= 11 is 5.37. The molecule has 0 saturated heterocycles. The van der Waals surface area contributed by atoms with Crippen LogP contribution in [0.25, 0.3) is 0 Å². The van der Waals surface area contributed by atoms with E-state index in [1.807, 2.05) is 0 Å². The van der Waals surface area contributed by atoms with Gasteiger partial charge in [0, 0.05) is 6.42 Å². The number of carbonyl (C=O) groups excluding carboxylic acids is 2. The molecule has 1 amide bonds. The Morgan fingerprint density at radius 2 is 1.77 bits per heavy atom. The number of halogens is 1. The Bertz CT molecular complexity index is 669. The van der Waals surface area contributed by atoms with Gasteiger partial charge in [-0.2, -0.15) is 0 Å². The molecule has 0 bridgehead atoms. The number of esters is 1. The molecule has 4 aliphatic carbocycles. The predicted molar refractivity (Wildman–Crippen MR) is 124 cm³/mol. The van der Waals surface area contributed by atoms with Gasteiger partial charge in [-0.1, -0.05) is 38.3 Å². The number of carbonyl (C=O) groups is 2. The van der Waals surface area contributed by atoms with Gasteiger partial charge < -0.3 is 10.1 Å². The van der Waals surface area contributed by atoms with Crippen molar-refractivity contribution in [1.82, 2.24) is 5.32 Å². The first kappa shape index (κ1) is 23.4. The lowest BCUT2D eigenvalue weighted by Crippen LogP contribution is -2.52. The van der Waals surface area contributed by atoms with E-state index in [4.69, 9.17) is 11.6 Å². The molecule has 0 aromatic rings. The average molecular weight is 452 g/mol. The Kier molecular flexibility index (Phi) is 7.25. The minimum absolute atomic E-state index is 0.0570. The van der Waals surface area contributed by atoms with E-state index in [1.54, 1.807) is 0 Å². The van der Waals surface area contributed by atoms with E-state index in [9.17, 15) is 9.59 Å². The molecule has 4 fully saturated rings. The van der Waals surface area contributed by atoms with Gasteiger partial charge >= 0.3 is 5.97 Å². The molecule has 1 N–H and O–H groups in total. The van der Waals surface area contributed by atoms with E-state index in [1.165, 1.54) is 64.2 Å². The Balaban J connectivity index is 1.30. The van der Waals surface area contributed by atoms with Gasteiger partial charge in [-0.15, -0.1) is 0 Å². The van der Waals surface area contributed by atoms with Crippen molar-refractivity contribution >= 4 is 23.5 Å². The minimum Gasteiger partial charge on any atom is -0.448 e. The van der Waals surface area contributed by atoms with Crippen LogP contribution >= 0.6 is 11.6 Å². The lowest BCUT2D eigenvalue weighted by atomic mass is 9.45. The third-order valence-electron chi connectivity index (χ3n) is 10.4. The van der Waals surface area contributed by atoms with Crippen molar-refractivity contribution in [3.8, 4) is 0 Å². The molecule has 4 rings (SSSR count). The number of hydrogen-bond acceptors (Lipinski definition) is 3. The highest BCUT2D eigenvalue weighted by molar-refractivity contribution is 6.17. The summed E-state index contributed by atoms with van der Waals surface area (Å²) in [7, 11) is 0. The third kappa shape index (κ3) is 4.52. The Hall–Kier alpha value is -0.770. The van der Waals surface area contributed by atoms with Crippen LogP contribution in [-0.2, 0) is 14.3 Å². The predicted octanol–water partition coefficient (Wildman–Crippen LogP) is 6.06. The molecule has 5 heteroatoms. The van der Waals surface area contributed by atoms with Crippen LogP contribution in [0, 0.1) is 40.4 Å². The molecular formula is C26H42ClNO3. The van der Waals surface area contributed by atoms with Gasteiger partial charge in [-0.3, -0.25) is 9.59 Å². The van der Waals surface area contributed by atoms with Gasteiger partial charge in [0.2, 0.25) is 5.91 Å². The quantitative estimate of drug-likeness (QED) is 0.378. The first-order valence-corrected chi connectivity index (χ1v) is 13.4. The van der Waals surface area contributed by atoms with Crippen molar-refractivity contribution in [2.45, 2.75) is 97.3 Å². The van der Waals surface area contributed by atoms with Crippen molar-refractivity contribution in [3.63, 3.8) is 0 Å². The monoisotopic (exact) mass is 451 g/mol. The fraction of sp³-hybridized carbons (Fsp3) is 0.923. The van der Waals surface area contributed by atoms with Crippen LogP contribution in [0.15, 0.2) is 0 Å². The van der Waals surface area contributed by atoms with Crippen LogP contribution in [0.3, 0.4) is 0 Å². The molecule has 176 valence electrons. The Labute approximate surface area is 193 Å². The van der Waals surface area contributed by atoms with Crippen LogP contribution in [0.1, 0.15) is 97.3 Å². The molecule has 5 unspecified atom stereocenters. The summed E-state index contributed by atoms with van der Waals surface area (Å²) in [5, 5.41) is 2.65. The molecule has 0 aliphatic heterocycles. The molecule has 0 radical (unpaired) electrons. The summed E-state index contributed by atoms with van der Waals surface area (Å²) in [6, 6.07) is -0.169. The molecule has 0 aromatic carbocycles. The van der Waals surface area contributed by atoms with Crippen molar-refractivity contribution in [3.05, 3.63) is 0 Å². The fourth-order valence-electron chi connectivity index (χ4n) is 8.76. The summed E-state index contributed by atoms with van der Waals surface area (Å²) in [5.41, 5.74) is 1.09. The molecule has 0 spiro atoms. The normalized spacial score (nSPS) is 41.6. The average Bonchev–Trinajstić information content (AvgIpc) is 3.08. The molecule has 0 aromatic heterocycles. The second-order valence-corrected chi connectivity index (χ2v) is 11.7. The molecule has 4 nitrogen and oxygen atoms in total. The van der Waals surface area contributed by atoms with E-state index < -0.39 is 5.97 Å². The molecule has 4 saturated carbocycles. The lowest BCUT2D eigenvalue weighted by Gasteiger charge is -2.60. The van der Waals surface area contributed by atoms with Gasteiger partial charge in [0.05, 0.1) is 0 Å². The smallest absolute Gasteiger partial charge is 0.326 e. The van der Waals surface area contributed by atoms with Crippen molar-refractivity contribution in [2.75, 3.05) is 12.6 Å². The van der Waals surface area contributed by atoms with Crippen LogP contribution in [0.4, 0.5) is 0 Å². The van der Waals surface area contributed by atoms with Gasteiger partial charge in [0.25, 0.3) is 0 Å². The van der Waals surface area contributed by atoms with E-state index in [0.29, 0.717) is 17.3 Å². The fourth-order valence-corrected chi connectivity index (χ4v) is 8.88. The van der Waals surface area contributed by atoms with Crippen molar-refractivity contribution < 1.29 is 14.3 Å². The zero-order valence-electron chi connectivity index (χ0n) is 19.6. The topological polar surface area (TPSA) is 55.4 Å². The molecule has 0 heterocycles. The maximum absolute atomic E-state index is 12.1. The van der Waals surface area contributed by atoms with Gasteiger partial charge in [-0.25, -0.2) is 0 Å². The minimum atomic E-state index is -0.479. The van der Waals surface area contributed by atoms with Crippen molar-refractivity contribution in [2.24, 2.45) is 40.4 Å². The molecule has 31 heavy (non-hydrogen) atoms. The lowest BCUT2D eigenvalue weighted by molar-refractivity contribution is -0.142. The molecule has 4 aliphatic rings. The van der Waals surface area contributed by atoms with Crippen LogP contribution in [-0.4, -0.2) is 24.5 Å². The Morgan fingerprint density at radius 3 is 2.58 bits per heavy atom. The van der Waals surface area contributed by atoms with E-state index in [2.05, 4.69) is 23.9 Å². The highest BCUT2D eigenvalue weighted by Crippen LogP contribution is 2.67. The molecule has 7 atom stereocenters. The second-order valence-electron chi connectivity index (χ2n) is 11.5. The highest BCUT2D eigenvalue weighted by atomic mass is 35.5. The van der Waals surface area contributed by atoms with E-state index in [0.717, 1.165) is 42.4 Å². The summed E-state index contributed by atoms with van der Waals surface area (Å²) in [6.07, 6.45) is 16.9. The van der Waals surface area contributed by atoms with Gasteiger partial charge in [0.1, 0.15) is 6.54 Å². The second kappa shape index (κ2) is 9.61. The maximum atomic E-state index is 12.1. The van der Waals surface area contributed by atoms with Gasteiger partial charge in [0.15, 0.2) is 6.07 Å². The zero-order valence-corrected chi connectivity index (χ0v) is 20.4. The first-order valence-electron chi connectivity index (χ1n) is 12.9. The third-order valence-corrected chi connectivity index (χ3v) is 10.5. The van der Waals surface area contributed by atoms with Crippen LogP contribution < -0.4 is 5.32 Å². The first-order chi connectivity index (χ1) is 14.9. The largest absolute Gasteiger partial charge is 0.448 e. The van der Waals surface area contributed by atoms with E-state index in [-0.39, 0.29) is 18.5 Å². The number of nitrogens with one attached hydrogen (secondary N) is 1. The summed E-state index contributed by atoms with van der Waals surface area (Å²) in [5.74, 6) is 4.01. The zero-order chi connectivity index (χ0) is 22.1. The summed E-state index contributed by atoms with van der Waals surface area (Å²) in [6.45, 7) is 5.16. The number of hydrogen-bond donors (Lipinski definition) is 1. The van der Waals surface area contributed by atoms with Crippen molar-refractivity contribution in [1.29, 1.82) is 0 Å². The number of ether oxygens (including phenoxy) is 1. The number of fused-ring (bicyclic) bond motifs is 5.